The Bertz CT molecular complexity index is 265. The van der Waals surface area contributed by atoms with Crippen molar-refractivity contribution in [2.24, 2.45) is 0 Å². The van der Waals surface area contributed by atoms with E-state index in [1.54, 1.807) is 30.6 Å². The molecule has 5 heteroatoms. The van der Waals surface area contributed by atoms with Gasteiger partial charge < -0.3 is 9.90 Å². The second-order valence-electron chi connectivity index (χ2n) is 1.69. The topological polar surface area (TPSA) is 54.4 Å². The zero-order valence-electron chi connectivity index (χ0n) is 7.03. The first-order valence-corrected chi connectivity index (χ1v) is 3.34. The molecule has 64 valence electrons. The molecule has 0 aliphatic heterocycles. The van der Waals surface area contributed by atoms with Gasteiger partial charge in [0.05, 0.1) is 6.29 Å². The minimum atomic E-state index is -0.250. The predicted octanol–water partition coefficient (Wildman–Crippen LogP) is -1.50. The average molecular weight is 209 g/mol. The van der Waals surface area contributed by atoms with E-state index in [0.29, 0.717) is 10.6 Å². The molecule has 1 aromatic carbocycles. The first kappa shape index (κ1) is 15.1. The van der Waals surface area contributed by atoms with Crippen LogP contribution >= 0.6 is 11.6 Å². The van der Waals surface area contributed by atoms with Gasteiger partial charge >= 0.3 is 29.6 Å². The maximum Gasteiger partial charge on any atom is 1.00 e. The van der Waals surface area contributed by atoms with E-state index < -0.39 is 0 Å². The molecule has 0 heterocycles. The number of benzene rings is 1. The molecule has 0 atom stereocenters. The van der Waals surface area contributed by atoms with Gasteiger partial charge in [-0.2, -0.15) is 17.7 Å². The molecule has 0 amide bonds. The number of halogens is 1. The molecule has 0 saturated carbocycles. The van der Waals surface area contributed by atoms with Crippen molar-refractivity contribution < 1.29 is 44.3 Å². The molecule has 0 unspecified atom stereocenters. The van der Waals surface area contributed by atoms with Crippen molar-refractivity contribution in [2.45, 2.75) is 0 Å². The van der Waals surface area contributed by atoms with Crippen LogP contribution in [-0.4, -0.2) is 17.9 Å². The van der Waals surface area contributed by atoms with Crippen molar-refractivity contribution in [2.75, 3.05) is 0 Å². The number of carbonyl (C=O) groups is 1. The fourth-order valence-electron chi connectivity index (χ4n) is 0.544. The third kappa shape index (κ3) is 6.78. The fourth-order valence-corrected chi connectivity index (χ4v) is 0.718. The Morgan fingerprint density at radius 3 is 2.15 bits per heavy atom. The molecular formula is C8H6ClNaO3. The summed E-state index contributed by atoms with van der Waals surface area (Å²) in [5.41, 5.74) is 0.416. The number of hydrogen-bond acceptors (Lipinski definition) is 2. The first-order valence-electron chi connectivity index (χ1n) is 2.96. The van der Waals surface area contributed by atoms with Crippen LogP contribution in [0.2, 0.25) is 5.02 Å². The van der Waals surface area contributed by atoms with Gasteiger partial charge in [-0.15, -0.1) is 17.7 Å². The van der Waals surface area contributed by atoms with Gasteiger partial charge in [-0.05, 0) is 0 Å². The molecular weight excluding hydrogens is 203 g/mol. The zero-order valence-corrected chi connectivity index (χ0v) is 9.78. The predicted molar refractivity (Wildman–Crippen MR) is 44.9 cm³/mol. The fraction of sp³-hybridized carbons (Fsp3) is 0. The van der Waals surface area contributed by atoms with Crippen LogP contribution < -0.4 is 29.6 Å². The van der Waals surface area contributed by atoms with E-state index >= 15 is 0 Å². The van der Waals surface area contributed by atoms with Gasteiger partial charge in [-0.25, -0.2) is 0 Å². The Kier molecular flexibility index (Phi) is 11.3. The molecule has 0 saturated heterocycles. The second-order valence-corrected chi connectivity index (χ2v) is 2.09. The van der Waals surface area contributed by atoms with Crippen molar-refractivity contribution in [3.05, 3.63) is 34.9 Å². The molecule has 0 aromatic heterocycles. The molecule has 0 radical (unpaired) electrons. The largest absolute Gasteiger partial charge is 1.00 e. The summed E-state index contributed by atoms with van der Waals surface area (Å²) < 4.78 is 0. The monoisotopic (exact) mass is 208 g/mol. The standard InChI is InChI=1S/C7H4ClO.CH2O2.Na/c8-7-4-2-1-3-6(7)5-9;2-1-3;/h1-4H;1H,(H,2,3);/q-1;;+1. The summed E-state index contributed by atoms with van der Waals surface area (Å²) in [4.78, 5) is 18.4. The van der Waals surface area contributed by atoms with Crippen LogP contribution in [0.3, 0.4) is 0 Å². The minimum absolute atomic E-state index is 0. The first-order chi connectivity index (χ1) is 5.76. The maximum absolute atomic E-state index is 10.0. The summed E-state index contributed by atoms with van der Waals surface area (Å²) in [6.07, 6.45) is 1.71. The van der Waals surface area contributed by atoms with E-state index in [1.807, 2.05) is 0 Å². The summed E-state index contributed by atoms with van der Waals surface area (Å²) in [6.45, 7) is -0.250. The average Bonchev–Trinajstić information content (AvgIpc) is 2.07. The van der Waals surface area contributed by atoms with Crippen LogP contribution in [0.4, 0.5) is 0 Å². The third-order valence-corrected chi connectivity index (χ3v) is 1.31. The molecule has 0 bridgehead atoms. The quantitative estimate of drug-likeness (QED) is 0.347. The molecule has 1 aromatic rings. The van der Waals surface area contributed by atoms with E-state index in [0.717, 1.165) is 0 Å². The van der Waals surface area contributed by atoms with E-state index in [1.165, 1.54) is 0 Å². The molecule has 13 heavy (non-hydrogen) atoms. The Hall–Kier alpha value is -0.350. The minimum Gasteiger partial charge on any atom is -0.483 e. The van der Waals surface area contributed by atoms with Crippen molar-refractivity contribution in [1.29, 1.82) is 0 Å². The normalized spacial score (nSPS) is 7.15. The van der Waals surface area contributed by atoms with Gasteiger partial charge in [0.25, 0.3) is 6.47 Å². The number of hydrogen-bond donors (Lipinski definition) is 1. The van der Waals surface area contributed by atoms with Gasteiger partial charge in [0.15, 0.2) is 0 Å². The summed E-state index contributed by atoms with van der Waals surface area (Å²) in [6, 6.07) is 6.78. The maximum atomic E-state index is 10.0. The molecule has 0 aliphatic carbocycles. The van der Waals surface area contributed by atoms with Crippen LogP contribution in [-0.2, 0) is 9.59 Å². The van der Waals surface area contributed by atoms with Gasteiger partial charge in [0.1, 0.15) is 0 Å². The number of rotatable bonds is 1. The Morgan fingerprint density at radius 1 is 1.38 bits per heavy atom. The van der Waals surface area contributed by atoms with Gasteiger partial charge in [0.2, 0.25) is 0 Å². The van der Waals surface area contributed by atoms with Gasteiger partial charge in [-0.1, -0.05) is 11.1 Å². The van der Waals surface area contributed by atoms with E-state index in [9.17, 15) is 4.79 Å². The smallest absolute Gasteiger partial charge is 0.483 e. The van der Waals surface area contributed by atoms with E-state index in [-0.39, 0.29) is 36.0 Å². The second kappa shape index (κ2) is 9.74. The number of carbonyl (C=O) groups excluding carboxylic acids is 1. The zero-order chi connectivity index (χ0) is 9.40. The molecule has 0 aliphatic rings. The third-order valence-electron chi connectivity index (χ3n) is 0.984. The SMILES string of the molecule is O=CO.O=[C-]c1ccccc1Cl.[Na+]. The van der Waals surface area contributed by atoms with Crippen LogP contribution in [0.1, 0.15) is 5.56 Å². The van der Waals surface area contributed by atoms with Gasteiger partial charge in [0, 0.05) is 0 Å². The van der Waals surface area contributed by atoms with Crippen LogP contribution in [0.25, 0.3) is 0 Å². The van der Waals surface area contributed by atoms with Crippen LogP contribution in [0, 0.1) is 0 Å². The molecule has 0 fully saturated rings. The Morgan fingerprint density at radius 2 is 1.85 bits per heavy atom. The van der Waals surface area contributed by atoms with Crippen molar-refractivity contribution >= 4 is 24.4 Å². The van der Waals surface area contributed by atoms with Gasteiger partial charge in [-0.3, -0.25) is 4.79 Å². The van der Waals surface area contributed by atoms with E-state index in [4.69, 9.17) is 21.5 Å². The molecule has 0 spiro atoms. The van der Waals surface area contributed by atoms with Crippen LogP contribution in [0.5, 0.6) is 0 Å². The molecule has 1 N–H and O–H groups in total. The van der Waals surface area contributed by atoms with Crippen molar-refractivity contribution in [3.8, 4) is 0 Å². The summed E-state index contributed by atoms with van der Waals surface area (Å²) in [7, 11) is 0. The summed E-state index contributed by atoms with van der Waals surface area (Å²) in [5.74, 6) is 0. The Balaban J connectivity index is 0. The molecule has 3 nitrogen and oxygen atoms in total. The number of carboxylic acid groups (broad SMARTS) is 1. The van der Waals surface area contributed by atoms with Crippen molar-refractivity contribution in [1.82, 2.24) is 0 Å². The summed E-state index contributed by atoms with van der Waals surface area (Å²) >= 11 is 5.56. The van der Waals surface area contributed by atoms with E-state index in [2.05, 4.69) is 0 Å². The Labute approximate surface area is 103 Å². The van der Waals surface area contributed by atoms with Crippen molar-refractivity contribution in [3.63, 3.8) is 0 Å². The molecule has 1 rings (SSSR count). The summed E-state index contributed by atoms with van der Waals surface area (Å²) in [5, 5.41) is 7.34. The van der Waals surface area contributed by atoms with Crippen LogP contribution in [0.15, 0.2) is 24.3 Å².